The molecule has 1 atom stereocenters. The number of hydrogen-bond acceptors (Lipinski definition) is 3. The minimum Gasteiger partial charge on any atom is -0.394 e. The van der Waals surface area contributed by atoms with Crippen molar-refractivity contribution in [3.8, 4) is 0 Å². The second-order valence-electron chi connectivity index (χ2n) is 6.80. The fraction of sp³-hybridized carbons (Fsp3) is 0.611. The summed E-state index contributed by atoms with van der Waals surface area (Å²) in [7, 11) is 0. The van der Waals surface area contributed by atoms with Gasteiger partial charge in [-0.1, -0.05) is 12.1 Å². The second kappa shape index (κ2) is 7.94. The third-order valence-electron chi connectivity index (χ3n) is 5.08. The zero-order valence-electron chi connectivity index (χ0n) is 14.0. The van der Waals surface area contributed by atoms with Gasteiger partial charge in [0, 0.05) is 32.2 Å². The summed E-state index contributed by atoms with van der Waals surface area (Å²) in [5, 5.41) is 12.4. The minimum absolute atomic E-state index is 0.0245. The molecular formula is C18H26FN3O2. The smallest absolute Gasteiger partial charge is 0.317 e. The molecule has 2 saturated heterocycles. The lowest BCUT2D eigenvalue weighted by Gasteiger charge is -2.34. The molecule has 3 rings (SSSR count). The summed E-state index contributed by atoms with van der Waals surface area (Å²) in [4.78, 5) is 16.4. The van der Waals surface area contributed by atoms with Gasteiger partial charge in [0.15, 0.2) is 0 Å². The van der Waals surface area contributed by atoms with Crippen molar-refractivity contribution >= 4 is 6.03 Å². The van der Waals surface area contributed by atoms with Crippen LogP contribution in [0.4, 0.5) is 9.18 Å². The Kier molecular flexibility index (Phi) is 5.68. The fourth-order valence-electron chi connectivity index (χ4n) is 3.63. The molecule has 132 valence electrons. The number of aliphatic hydroxyl groups is 1. The molecule has 0 spiro atoms. The zero-order chi connectivity index (χ0) is 16.9. The number of hydrogen-bond donors (Lipinski definition) is 2. The van der Waals surface area contributed by atoms with Gasteiger partial charge in [0.05, 0.1) is 12.6 Å². The largest absolute Gasteiger partial charge is 0.394 e. The molecule has 2 fully saturated rings. The van der Waals surface area contributed by atoms with Gasteiger partial charge in [-0.2, -0.15) is 0 Å². The van der Waals surface area contributed by atoms with Crippen molar-refractivity contribution in [2.24, 2.45) is 0 Å². The van der Waals surface area contributed by atoms with Crippen molar-refractivity contribution in [2.45, 2.75) is 44.3 Å². The average molecular weight is 335 g/mol. The van der Waals surface area contributed by atoms with Gasteiger partial charge in [0.25, 0.3) is 0 Å². The molecular weight excluding hydrogens is 309 g/mol. The summed E-state index contributed by atoms with van der Waals surface area (Å²) in [6.45, 7) is 3.45. The van der Waals surface area contributed by atoms with E-state index in [0.717, 1.165) is 57.4 Å². The molecule has 1 aromatic rings. The van der Waals surface area contributed by atoms with Crippen LogP contribution in [0.5, 0.6) is 0 Å². The van der Waals surface area contributed by atoms with E-state index < -0.39 is 0 Å². The number of carbonyl (C=O) groups is 1. The standard InChI is InChI=1S/C18H26FN3O2/c19-15-5-3-14(4-6-15)12-21-10-7-16(8-11-21)20-18(24)22-9-1-2-17(22)13-23/h3-6,16-17,23H,1-2,7-13H2,(H,20,24)/t17-/m0/s1. The Bertz CT molecular complexity index is 544. The molecule has 2 amide bonds. The van der Waals surface area contributed by atoms with Crippen molar-refractivity contribution in [3.05, 3.63) is 35.6 Å². The van der Waals surface area contributed by atoms with Crippen LogP contribution in [0.3, 0.4) is 0 Å². The molecule has 0 aromatic heterocycles. The lowest BCUT2D eigenvalue weighted by molar-refractivity contribution is 0.145. The Hall–Kier alpha value is -1.66. The van der Waals surface area contributed by atoms with Gasteiger partial charge in [-0.15, -0.1) is 0 Å². The minimum atomic E-state index is -0.205. The van der Waals surface area contributed by atoms with Gasteiger partial charge < -0.3 is 15.3 Å². The first-order chi connectivity index (χ1) is 11.7. The van der Waals surface area contributed by atoms with Gasteiger partial charge in [-0.25, -0.2) is 9.18 Å². The normalized spacial score (nSPS) is 22.8. The Labute approximate surface area is 142 Å². The van der Waals surface area contributed by atoms with Crippen molar-refractivity contribution in [1.29, 1.82) is 0 Å². The van der Waals surface area contributed by atoms with Gasteiger partial charge in [-0.05, 0) is 43.4 Å². The monoisotopic (exact) mass is 335 g/mol. The van der Waals surface area contributed by atoms with Crippen LogP contribution in [-0.4, -0.2) is 59.3 Å². The highest BCUT2D eigenvalue weighted by molar-refractivity contribution is 5.75. The molecule has 2 heterocycles. The lowest BCUT2D eigenvalue weighted by Crippen LogP contribution is -2.50. The molecule has 0 bridgehead atoms. The average Bonchev–Trinajstić information content (AvgIpc) is 3.07. The van der Waals surface area contributed by atoms with Gasteiger partial charge in [0.2, 0.25) is 0 Å². The number of rotatable bonds is 4. The summed E-state index contributed by atoms with van der Waals surface area (Å²) in [5.41, 5.74) is 1.11. The first-order valence-corrected chi connectivity index (χ1v) is 8.80. The second-order valence-corrected chi connectivity index (χ2v) is 6.80. The van der Waals surface area contributed by atoms with Crippen molar-refractivity contribution in [2.75, 3.05) is 26.2 Å². The van der Waals surface area contributed by atoms with Crippen LogP contribution in [0.15, 0.2) is 24.3 Å². The molecule has 1 aromatic carbocycles. The van der Waals surface area contributed by atoms with E-state index in [4.69, 9.17) is 0 Å². The molecule has 0 radical (unpaired) electrons. The number of piperidine rings is 1. The Balaban J connectivity index is 1.43. The highest BCUT2D eigenvalue weighted by Crippen LogP contribution is 2.18. The zero-order valence-corrected chi connectivity index (χ0v) is 14.0. The van der Waals surface area contributed by atoms with Crippen molar-refractivity contribution < 1.29 is 14.3 Å². The summed E-state index contributed by atoms with van der Waals surface area (Å²) in [6.07, 6.45) is 3.70. The van der Waals surface area contributed by atoms with E-state index >= 15 is 0 Å². The van der Waals surface area contributed by atoms with Gasteiger partial charge in [-0.3, -0.25) is 4.90 Å². The van der Waals surface area contributed by atoms with Crippen LogP contribution in [0, 0.1) is 5.82 Å². The maximum atomic E-state index is 12.9. The van der Waals surface area contributed by atoms with Crippen LogP contribution >= 0.6 is 0 Å². The van der Waals surface area contributed by atoms with Crippen molar-refractivity contribution in [1.82, 2.24) is 15.1 Å². The number of aliphatic hydroxyl groups excluding tert-OH is 1. The maximum absolute atomic E-state index is 12.9. The molecule has 2 aliphatic rings. The number of nitrogens with zero attached hydrogens (tertiary/aromatic N) is 2. The Morgan fingerprint density at radius 3 is 2.54 bits per heavy atom. The van der Waals surface area contributed by atoms with E-state index in [1.165, 1.54) is 12.1 Å². The first kappa shape index (κ1) is 17.2. The van der Waals surface area contributed by atoms with Crippen LogP contribution in [0.1, 0.15) is 31.2 Å². The SMILES string of the molecule is O=C(NC1CCN(Cc2ccc(F)cc2)CC1)N1CCC[C@H]1CO. The molecule has 5 nitrogen and oxygen atoms in total. The summed E-state index contributed by atoms with van der Waals surface area (Å²) >= 11 is 0. The number of likely N-dealkylation sites (tertiary alicyclic amines) is 2. The van der Waals surface area contributed by atoms with E-state index in [1.807, 2.05) is 12.1 Å². The predicted molar refractivity (Wildman–Crippen MR) is 90.0 cm³/mol. The Morgan fingerprint density at radius 2 is 1.88 bits per heavy atom. The maximum Gasteiger partial charge on any atom is 0.317 e. The van der Waals surface area contributed by atoms with Crippen LogP contribution < -0.4 is 5.32 Å². The van der Waals surface area contributed by atoms with E-state index in [0.29, 0.717) is 0 Å². The third-order valence-corrected chi connectivity index (χ3v) is 5.08. The van der Waals surface area contributed by atoms with E-state index in [1.54, 1.807) is 4.90 Å². The lowest BCUT2D eigenvalue weighted by atomic mass is 10.0. The number of nitrogens with one attached hydrogen (secondary N) is 1. The van der Waals surface area contributed by atoms with Crippen LogP contribution in [0.25, 0.3) is 0 Å². The molecule has 0 saturated carbocycles. The summed E-state index contributed by atoms with van der Waals surface area (Å²) in [6, 6.07) is 6.78. The Morgan fingerprint density at radius 1 is 1.17 bits per heavy atom. The first-order valence-electron chi connectivity index (χ1n) is 8.80. The molecule has 0 unspecified atom stereocenters. The van der Waals surface area contributed by atoms with E-state index in [2.05, 4.69) is 10.2 Å². The van der Waals surface area contributed by atoms with Gasteiger partial charge >= 0.3 is 6.03 Å². The molecule has 24 heavy (non-hydrogen) atoms. The number of amides is 2. The molecule has 6 heteroatoms. The topological polar surface area (TPSA) is 55.8 Å². The number of benzene rings is 1. The summed E-state index contributed by atoms with van der Waals surface area (Å²) in [5.74, 6) is -0.205. The number of carbonyl (C=O) groups excluding carboxylic acids is 1. The van der Waals surface area contributed by atoms with Gasteiger partial charge in [0.1, 0.15) is 5.82 Å². The fourth-order valence-corrected chi connectivity index (χ4v) is 3.63. The van der Waals surface area contributed by atoms with E-state index in [9.17, 15) is 14.3 Å². The molecule has 0 aliphatic carbocycles. The predicted octanol–water partition coefficient (Wildman–Crippen LogP) is 1.96. The summed E-state index contributed by atoms with van der Waals surface area (Å²) < 4.78 is 12.9. The third kappa shape index (κ3) is 4.24. The highest BCUT2D eigenvalue weighted by atomic mass is 19.1. The highest BCUT2D eigenvalue weighted by Gasteiger charge is 2.30. The number of halogens is 1. The van der Waals surface area contributed by atoms with Crippen molar-refractivity contribution in [3.63, 3.8) is 0 Å². The van der Waals surface area contributed by atoms with Crippen LogP contribution in [-0.2, 0) is 6.54 Å². The quantitative estimate of drug-likeness (QED) is 0.884. The molecule has 2 N–H and O–H groups in total. The molecule has 2 aliphatic heterocycles. The van der Waals surface area contributed by atoms with Crippen LogP contribution in [0.2, 0.25) is 0 Å². The van der Waals surface area contributed by atoms with E-state index in [-0.39, 0.29) is 30.5 Å². The number of urea groups is 1.